The third-order valence-corrected chi connectivity index (χ3v) is 3.13. The van der Waals surface area contributed by atoms with Gasteiger partial charge >= 0.3 is 51.6 Å². The quantitative estimate of drug-likeness (QED) is 0.291. The molecule has 162 valence electrons. The van der Waals surface area contributed by atoms with Crippen LogP contribution < -0.4 is 0 Å². The van der Waals surface area contributed by atoms with E-state index in [2.05, 4.69) is 0 Å². The van der Waals surface area contributed by atoms with Crippen molar-refractivity contribution in [3.8, 4) is 0 Å². The van der Waals surface area contributed by atoms with E-state index in [4.69, 9.17) is 0 Å². The maximum atomic E-state index is 13.8. The van der Waals surface area contributed by atoms with E-state index < -0.39 is 58.2 Å². The first-order valence-electron chi connectivity index (χ1n) is 5.40. The number of halogens is 14. The van der Waals surface area contributed by atoms with E-state index in [-0.39, 0.29) is 0 Å². The molecule has 19 heteroatoms. The summed E-state index contributed by atoms with van der Waals surface area (Å²) in [5, 5.41) is -7.65. The van der Waals surface area contributed by atoms with Crippen LogP contribution in [0.2, 0.25) is 0 Å². The maximum absolute atomic E-state index is 13.8. The van der Waals surface area contributed by atoms with E-state index in [1.807, 2.05) is 9.47 Å². The minimum absolute atomic E-state index is 1.82. The Morgan fingerprint density at radius 1 is 0.852 bits per heavy atom. The van der Waals surface area contributed by atoms with Crippen LogP contribution in [-0.4, -0.2) is 44.3 Å². The lowest BCUT2D eigenvalue weighted by Gasteiger charge is -2.39. The molecule has 0 heterocycles. The minimum atomic E-state index is -8.10. The van der Waals surface area contributed by atoms with Crippen molar-refractivity contribution in [1.82, 2.24) is 0 Å². The Hall–Kier alpha value is -1.53. The van der Waals surface area contributed by atoms with Crippen LogP contribution in [0.3, 0.4) is 0 Å². The number of hydrogen-bond acceptors (Lipinski definition) is 4. The monoisotopic (exact) mass is 460 g/mol. The Morgan fingerprint density at radius 3 is 1.56 bits per heavy atom. The molecule has 0 rings (SSSR count). The van der Waals surface area contributed by atoms with Crippen molar-refractivity contribution in [1.29, 1.82) is 0 Å². The van der Waals surface area contributed by atoms with E-state index in [0.29, 0.717) is 0 Å². The molecular weight excluding hydrogens is 458 g/mol. The van der Waals surface area contributed by atoms with Crippen LogP contribution in [0.5, 0.6) is 0 Å². The van der Waals surface area contributed by atoms with Gasteiger partial charge in [0, 0.05) is 0 Å². The van der Waals surface area contributed by atoms with Gasteiger partial charge in [0.15, 0.2) is 6.67 Å². The summed E-state index contributed by atoms with van der Waals surface area (Å²) in [4.78, 5) is 0. The van der Waals surface area contributed by atoms with Crippen LogP contribution >= 0.6 is 0 Å². The maximum Gasteiger partial charge on any atom is 0.468 e. The molecule has 27 heavy (non-hydrogen) atoms. The molecule has 0 N–H and O–H groups in total. The van der Waals surface area contributed by atoms with Gasteiger partial charge in [-0.15, -0.1) is 0 Å². The first-order chi connectivity index (χ1) is 11.6. The lowest BCUT2D eigenvalue weighted by atomic mass is 10.1. The Bertz CT molecular complexity index is 683. The van der Waals surface area contributed by atoms with E-state index in [9.17, 15) is 69.4 Å². The molecule has 0 aromatic rings. The first-order valence-corrected chi connectivity index (χ1v) is 6.78. The first kappa shape index (κ1) is 25.5. The molecule has 0 bridgehead atoms. The highest BCUT2D eigenvalue weighted by atomic mass is 32.3. The van der Waals surface area contributed by atoms with Crippen LogP contribution in [0.15, 0.2) is 12.1 Å². The summed E-state index contributed by atoms with van der Waals surface area (Å²) in [5.74, 6) is -15.6. The minimum Gasteiger partial charge on any atom is -0.398 e. The summed E-state index contributed by atoms with van der Waals surface area (Å²) in [6, 6.07) is -4.00. The molecule has 0 spiro atoms. The van der Waals surface area contributed by atoms with Gasteiger partial charge in [-0.3, -0.25) is 4.74 Å². The van der Waals surface area contributed by atoms with Gasteiger partial charge in [-0.2, -0.15) is 61.1 Å². The van der Waals surface area contributed by atoms with Crippen molar-refractivity contribution in [2.75, 3.05) is 6.67 Å². The molecule has 0 fully saturated rings. The standard InChI is InChI=1S/C8H2F14O4S/c9-1-4(13,14)26-6(17,7(18,19)25-3(12)2(10)11)5(15,16)8(20,21)27(22,23)24/h1H2. The van der Waals surface area contributed by atoms with Crippen molar-refractivity contribution in [3.63, 3.8) is 0 Å². The van der Waals surface area contributed by atoms with Crippen molar-refractivity contribution in [3.05, 3.63) is 12.1 Å². The van der Waals surface area contributed by atoms with E-state index in [1.165, 1.54) is 0 Å². The van der Waals surface area contributed by atoms with Gasteiger partial charge < -0.3 is 4.74 Å². The molecule has 0 radical (unpaired) electrons. The summed E-state index contributed by atoms with van der Waals surface area (Å²) in [6.07, 6.45) is -17.5. The van der Waals surface area contributed by atoms with Gasteiger partial charge in [0.1, 0.15) is 0 Å². The Labute approximate surface area is 138 Å². The summed E-state index contributed by atoms with van der Waals surface area (Å²) < 4.78 is 201. The average Bonchev–Trinajstić information content (AvgIpc) is 2.44. The second kappa shape index (κ2) is 7.13. The van der Waals surface area contributed by atoms with Crippen molar-refractivity contribution >= 4 is 10.2 Å². The molecule has 0 aliphatic heterocycles. The van der Waals surface area contributed by atoms with Gasteiger partial charge in [0.05, 0.1) is 0 Å². The SMILES string of the molecule is O=S(=O)(F)C(F)(F)C(F)(F)C(F)(OC(F)(F)CF)C(F)(F)OC(F)=C(F)F. The fourth-order valence-corrected chi connectivity index (χ4v) is 1.53. The van der Waals surface area contributed by atoms with Gasteiger partial charge in [-0.25, -0.2) is 4.39 Å². The zero-order valence-corrected chi connectivity index (χ0v) is 12.4. The molecule has 0 saturated heterocycles. The highest BCUT2D eigenvalue weighted by Crippen LogP contribution is 2.56. The largest absolute Gasteiger partial charge is 0.468 e. The highest BCUT2D eigenvalue weighted by molar-refractivity contribution is 7.87. The lowest BCUT2D eigenvalue weighted by molar-refractivity contribution is -0.491. The molecule has 1 unspecified atom stereocenters. The summed E-state index contributed by atoms with van der Waals surface area (Å²) in [7, 11) is -8.10. The molecule has 0 amide bonds. The molecule has 0 aliphatic carbocycles. The zero-order chi connectivity index (χ0) is 22.3. The highest BCUT2D eigenvalue weighted by Gasteiger charge is 2.88. The summed E-state index contributed by atoms with van der Waals surface area (Å²) in [6.45, 7) is -3.52. The smallest absolute Gasteiger partial charge is 0.398 e. The summed E-state index contributed by atoms with van der Waals surface area (Å²) in [5.41, 5.74) is 0. The summed E-state index contributed by atoms with van der Waals surface area (Å²) >= 11 is 0. The van der Waals surface area contributed by atoms with E-state index in [0.717, 1.165) is 0 Å². The molecule has 0 aromatic carbocycles. The fraction of sp³-hybridized carbons (Fsp3) is 0.750. The van der Waals surface area contributed by atoms with Crippen LogP contribution in [0.1, 0.15) is 0 Å². The zero-order valence-electron chi connectivity index (χ0n) is 11.5. The molecule has 1 atom stereocenters. The topological polar surface area (TPSA) is 52.6 Å². The Balaban J connectivity index is 6.78. The van der Waals surface area contributed by atoms with Crippen molar-refractivity contribution < 1.29 is 78.9 Å². The van der Waals surface area contributed by atoms with Gasteiger partial charge in [0.25, 0.3) is 0 Å². The van der Waals surface area contributed by atoms with Gasteiger partial charge in [0.2, 0.25) is 0 Å². The second-order valence-electron chi connectivity index (χ2n) is 4.15. The van der Waals surface area contributed by atoms with E-state index in [1.54, 1.807) is 0 Å². The lowest BCUT2D eigenvalue weighted by Crippen LogP contribution is -2.69. The predicted molar refractivity (Wildman–Crippen MR) is 52.1 cm³/mol. The molecule has 4 nitrogen and oxygen atoms in total. The van der Waals surface area contributed by atoms with Gasteiger partial charge in [-0.05, 0) is 0 Å². The second-order valence-corrected chi connectivity index (χ2v) is 5.54. The number of hydrogen-bond donors (Lipinski definition) is 0. The normalized spacial score (nSPS) is 16.7. The van der Waals surface area contributed by atoms with Gasteiger partial charge in [-0.1, -0.05) is 3.89 Å². The third-order valence-electron chi connectivity index (χ3n) is 2.26. The molecular formula is C8H2F14O4S. The Kier molecular flexibility index (Phi) is 6.73. The van der Waals surface area contributed by atoms with Crippen LogP contribution in [0.25, 0.3) is 0 Å². The fourth-order valence-electron chi connectivity index (χ4n) is 1.10. The van der Waals surface area contributed by atoms with Crippen LogP contribution in [-0.2, 0) is 19.7 Å². The Morgan fingerprint density at radius 2 is 1.26 bits per heavy atom. The van der Waals surface area contributed by atoms with Crippen LogP contribution in [0.4, 0.5) is 61.0 Å². The van der Waals surface area contributed by atoms with Crippen molar-refractivity contribution in [2.24, 2.45) is 0 Å². The number of alkyl halides is 10. The van der Waals surface area contributed by atoms with Crippen LogP contribution in [0, 0.1) is 0 Å². The van der Waals surface area contributed by atoms with Crippen molar-refractivity contribution in [2.45, 2.75) is 29.2 Å². The van der Waals surface area contributed by atoms with E-state index >= 15 is 0 Å². The third kappa shape index (κ3) is 4.49. The number of ether oxygens (including phenoxy) is 2. The number of rotatable bonds is 9. The average molecular weight is 460 g/mol. The predicted octanol–water partition coefficient (Wildman–Crippen LogP) is 4.40. The molecule has 0 saturated carbocycles. The molecule has 0 aliphatic rings. The molecule has 0 aromatic heterocycles.